The summed E-state index contributed by atoms with van der Waals surface area (Å²) in [6.07, 6.45) is 5.31. The van der Waals surface area contributed by atoms with E-state index in [9.17, 15) is 13.2 Å². The van der Waals surface area contributed by atoms with Crippen LogP contribution in [0.2, 0.25) is 0 Å². The Labute approximate surface area is 168 Å². The van der Waals surface area contributed by atoms with Gasteiger partial charge in [0.1, 0.15) is 6.33 Å². The minimum absolute atomic E-state index is 0.00986. The maximum atomic E-state index is 12.5. The number of aromatic nitrogens is 4. The molecule has 0 bridgehead atoms. The van der Waals surface area contributed by atoms with Crippen molar-refractivity contribution in [3.05, 3.63) is 60.4 Å². The number of rotatable bonds is 6. The molecular formula is C19H20N6O3S. The van der Waals surface area contributed by atoms with E-state index in [4.69, 9.17) is 0 Å². The number of nitrogens with zero attached hydrogens (tertiary/aromatic N) is 4. The van der Waals surface area contributed by atoms with Gasteiger partial charge in [0.2, 0.25) is 10.0 Å². The molecule has 0 aliphatic heterocycles. The average molecular weight is 412 g/mol. The zero-order chi connectivity index (χ0) is 20.3. The van der Waals surface area contributed by atoms with E-state index in [1.54, 1.807) is 36.4 Å². The first kappa shape index (κ1) is 19.2. The molecule has 1 amide bonds. The summed E-state index contributed by atoms with van der Waals surface area (Å²) in [5, 5.41) is 13.7. The Morgan fingerprint density at radius 3 is 2.31 bits per heavy atom. The molecule has 4 rings (SSSR count). The highest BCUT2D eigenvalue weighted by Gasteiger charge is 2.22. The molecule has 9 nitrogen and oxygen atoms in total. The Kier molecular flexibility index (Phi) is 5.36. The van der Waals surface area contributed by atoms with Gasteiger partial charge in [-0.25, -0.2) is 17.8 Å². The van der Waals surface area contributed by atoms with Crippen LogP contribution < -0.4 is 10.0 Å². The lowest BCUT2D eigenvalue weighted by Gasteiger charge is -2.13. The largest absolute Gasteiger partial charge is 0.322 e. The summed E-state index contributed by atoms with van der Waals surface area (Å²) in [7, 11) is -3.55. The van der Waals surface area contributed by atoms with Crippen molar-refractivity contribution < 1.29 is 13.2 Å². The van der Waals surface area contributed by atoms with E-state index in [2.05, 4.69) is 25.6 Å². The van der Waals surface area contributed by atoms with E-state index in [1.807, 2.05) is 0 Å². The molecule has 1 heterocycles. The molecule has 0 atom stereocenters. The quantitative estimate of drug-likeness (QED) is 0.640. The van der Waals surface area contributed by atoms with Crippen molar-refractivity contribution in [2.75, 3.05) is 5.32 Å². The van der Waals surface area contributed by atoms with Gasteiger partial charge in [-0.15, -0.1) is 5.10 Å². The number of sulfonamides is 1. The van der Waals surface area contributed by atoms with Gasteiger partial charge in [0.05, 0.1) is 10.6 Å². The molecule has 2 aromatic carbocycles. The summed E-state index contributed by atoms with van der Waals surface area (Å²) < 4.78 is 29.1. The predicted octanol–water partition coefficient (Wildman–Crippen LogP) is 2.14. The minimum Gasteiger partial charge on any atom is -0.322 e. The zero-order valence-electron chi connectivity index (χ0n) is 15.5. The normalized spacial score (nSPS) is 14.8. The number of tetrazole rings is 1. The van der Waals surface area contributed by atoms with Crippen LogP contribution in [-0.4, -0.2) is 40.6 Å². The lowest BCUT2D eigenvalue weighted by atomic mass is 10.2. The van der Waals surface area contributed by atoms with Crippen LogP contribution in [0.25, 0.3) is 5.69 Å². The first-order valence-corrected chi connectivity index (χ1v) is 10.8. The second kappa shape index (κ2) is 8.10. The summed E-state index contributed by atoms with van der Waals surface area (Å²) in [5.41, 5.74) is 1.71. The average Bonchev–Trinajstić information content (AvgIpc) is 3.42. The van der Waals surface area contributed by atoms with Gasteiger partial charge < -0.3 is 5.32 Å². The Morgan fingerprint density at radius 1 is 1.00 bits per heavy atom. The molecule has 1 aliphatic carbocycles. The van der Waals surface area contributed by atoms with Crippen molar-refractivity contribution in [1.82, 2.24) is 24.9 Å². The van der Waals surface area contributed by atoms with Crippen molar-refractivity contribution in [3.63, 3.8) is 0 Å². The number of nitrogens with one attached hydrogen (secondary N) is 2. The SMILES string of the molecule is O=C(Nc1ccc(S(=O)(=O)NC2CCCC2)cc1)c1ccc(-n2cnnn2)cc1. The Morgan fingerprint density at radius 2 is 1.69 bits per heavy atom. The topological polar surface area (TPSA) is 119 Å². The van der Waals surface area contributed by atoms with Crippen LogP contribution in [-0.2, 0) is 10.0 Å². The monoisotopic (exact) mass is 412 g/mol. The second-order valence-electron chi connectivity index (χ2n) is 6.88. The molecule has 0 radical (unpaired) electrons. The number of carbonyl (C=O) groups excluding carboxylic acids is 1. The van der Waals surface area contributed by atoms with E-state index in [0.29, 0.717) is 11.3 Å². The number of carbonyl (C=O) groups is 1. The molecular weight excluding hydrogens is 392 g/mol. The molecule has 0 saturated heterocycles. The number of amides is 1. The third-order valence-electron chi connectivity index (χ3n) is 4.84. The van der Waals surface area contributed by atoms with Crippen LogP contribution >= 0.6 is 0 Å². The van der Waals surface area contributed by atoms with Crippen LogP contribution in [0, 0.1) is 0 Å². The zero-order valence-corrected chi connectivity index (χ0v) is 16.3. The number of benzene rings is 2. The highest BCUT2D eigenvalue weighted by molar-refractivity contribution is 7.89. The van der Waals surface area contributed by atoms with Crippen molar-refractivity contribution in [1.29, 1.82) is 0 Å². The van der Waals surface area contributed by atoms with Gasteiger partial charge in [-0.2, -0.15) is 0 Å². The summed E-state index contributed by atoms with van der Waals surface area (Å²) >= 11 is 0. The summed E-state index contributed by atoms with van der Waals surface area (Å²) in [4.78, 5) is 12.6. The fraction of sp³-hybridized carbons (Fsp3) is 0.263. The van der Waals surface area contributed by atoms with Crippen LogP contribution in [0.3, 0.4) is 0 Å². The maximum Gasteiger partial charge on any atom is 0.255 e. The summed E-state index contributed by atoms with van der Waals surface area (Å²) in [6, 6.07) is 12.9. The van der Waals surface area contributed by atoms with Crippen LogP contribution in [0.1, 0.15) is 36.0 Å². The van der Waals surface area contributed by atoms with Crippen molar-refractivity contribution in [2.45, 2.75) is 36.6 Å². The van der Waals surface area contributed by atoms with Crippen molar-refractivity contribution >= 4 is 21.6 Å². The predicted molar refractivity (Wildman–Crippen MR) is 106 cm³/mol. The van der Waals surface area contributed by atoms with Gasteiger partial charge in [0.15, 0.2) is 0 Å². The molecule has 2 N–H and O–H groups in total. The third-order valence-corrected chi connectivity index (χ3v) is 6.38. The molecule has 1 saturated carbocycles. The van der Waals surface area contributed by atoms with Gasteiger partial charge in [0, 0.05) is 17.3 Å². The van der Waals surface area contributed by atoms with Gasteiger partial charge in [-0.05, 0) is 71.8 Å². The Hall–Kier alpha value is -3.11. The first-order valence-electron chi connectivity index (χ1n) is 9.28. The van der Waals surface area contributed by atoms with Crippen LogP contribution in [0.15, 0.2) is 59.8 Å². The summed E-state index contributed by atoms with van der Waals surface area (Å²) in [6.45, 7) is 0. The lowest BCUT2D eigenvalue weighted by Crippen LogP contribution is -2.32. The second-order valence-corrected chi connectivity index (χ2v) is 8.60. The molecule has 10 heteroatoms. The van der Waals surface area contributed by atoms with Crippen molar-refractivity contribution in [2.24, 2.45) is 0 Å². The first-order chi connectivity index (χ1) is 14.0. The molecule has 1 aliphatic rings. The van der Waals surface area contributed by atoms with E-state index in [1.165, 1.54) is 23.1 Å². The molecule has 150 valence electrons. The molecule has 1 fully saturated rings. The highest BCUT2D eigenvalue weighted by Crippen LogP contribution is 2.21. The van der Waals surface area contributed by atoms with Gasteiger partial charge >= 0.3 is 0 Å². The Bertz CT molecular complexity index is 1070. The number of anilines is 1. The highest BCUT2D eigenvalue weighted by atomic mass is 32.2. The molecule has 3 aromatic rings. The standard InChI is InChI=1S/C19H20N6O3S/c26-19(14-5-9-17(10-6-14)25-13-20-23-24-25)21-15-7-11-18(12-8-15)29(27,28)22-16-3-1-2-4-16/h5-13,16,22H,1-4H2,(H,21,26). The van der Waals surface area contributed by atoms with Gasteiger partial charge in [-0.1, -0.05) is 12.8 Å². The summed E-state index contributed by atoms with van der Waals surface area (Å²) in [5.74, 6) is -0.298. The van der Waals surface area contributed by atoms with E-state index < -0.39 is 10.0 Å². The molecule has 1 aromatic heterocycles. The Balaban J connectivity index is 1.41. The minimum atomic E-state index is -3.55. The third kappa shape index (κ3) is 4.49. The molecule has 0 spiro atoms. The van der Waals surface area contributed by atoms with E-state index >= 15 is 0 Å². The number of hydrogen-bond donors (Lipinski definition) is 2. The molecule has 0 unspecified atom stereocenters. The van der Waals surface area contributed by atoms with Crippen LogP contribution in [0.4, 0.5) is 5.69 Å². The van der Waals surface area contributed by atoms with E-state index in [-0.39, 0.29) is 16.8 Å². The van der Waals surface area contributed by atoms with E-state index in [0.717, 1.165) is 31.4 Å². The number of hydrogen-bond acceptors (Lipinski definition) is 6. The maximum absolute atomic E-state index is 12.5. The van der Waals surface area contributed by atoms with Crippen molar-refractivity contribution in [3.8, 4) is 5.69 Å². The van der Waals surface area contributed by atoms with Crippen LogP contribution in [0.5, 0.6) is 0 Å². The van der Waals surface area contributed by atoms with Gasteiger partial charge in [-0.3, -0.25) is 4.79 Å². The lowest BCUT2D eigenvalue weighted by molar-refractivity contribution is 0.102. The molecule has 29 heavy (non-hydrogen) atoms. The van der Waals surface area contributed by atoms with Gasteiger partial charge in [0.25, 0.3) is 5.91 Å². The smallest absolute Gasteiger partial charge is 0.255 e. The fourth-order valence-electron chi connectivity index (χ4n) is 3.30. The fourth-order valence-corrected chi connectivity index (χ4v) is 4.60.